The predicted molar refractivity (Wildman–Crippen MR) is 57.8 cm³/mol. The van der Waals surface area contributed by atoms with Crippen LogP contribution in [0, 0.1) is 11.3 Å². The molecule has 0 bridgehead atoms. The second kappa shape index (κ2) is 4.77. The summed E-state index contributed by atoms with van der Waals surface area (Å²) >= 11 is 0. The van der Waals surface area contributed by atoms with E-state index in [0.717, 1.165) is 0 Å². The first-order chi connectivity index (χ1) is 7.44. The molecular weight excluding hydrogens is 228 g/mol. The number of hydrogen-bond donors (Lipinski definition) is 1. The minimum Gasteiger partial charge on any atom is -0.369 e. The minimum atomic E-state index is -3.59. The quantitative estimate of drug-likeness (QED) is 0.795. The summed E-state index contributed by atoms with van der Waals surface area (Å²) in [4.78, 5) is 10.5. The molecule has 1 aromatic carbocycles. The standard InChI is InChI=1S/C10H10N2O3S/c11-5-8-3-1-2-4-9(8)6-16(14,15)7-10(12)13/h1-4H,6-7H2,(H2,12,13). The van der Waals surface area contributed by atoms with E-state index in [1.165, 1.54) is 12.1 Å². The van der Waals surface area contributed by atoms with E-state index >= 15 is 0 Å². The maximum absolute atomic E-state index is 11.5. The van der Waals surface area contributed by atoms with Crippen molar-refractivity contribution in [2.75, 3.05) is 5.75 Å². The van der Waals surface area contributed by atoms with E-state index in [1.807, 2.05) is 6.07 Å². The molecule has 1 amide bonds. The molecule has 84 valence electrons. The van der Waals surface area contributed by atoms with E-state index in [4.69, 9.17) is 11.0 Å². The molecule has 0 fully saturated rings. The van der Waals surface area contributed by atoms with Crippen molar-refractivity contribution in [1.82, 2.24) is 0 Å². The van der Waals surface area contributed by atoms with Crippen molar-refractivity contribution in [3.8, 4) is 6.07 Å². The lowest BCUT2D eigenvalue weighted by molar-refractivity contribution is -0.115. The molecule has 0 saturated heterocycles. The molecular formula is C10H10N2O3S. The molecule has 16 heavy (non-hydrogen) atoms. The zero-order valence-electron chi connectivity index (χ0n) is 8.38. The topological polar surface area (TPSA) is 101 Å². The van der Waals surface area contributed by atoms with Crippen LogP contribution >= 0.6 is 0 Å². The van der Waals surface area contributed by atoms with Crippen molar-refractivity contribution < 1.29 is 13.2 Å². The molecule has 6 heteroatoms. The zero-order valence-corrected chi connectivity index (χ0v) is 9.20. The van der Waals surface area contributed by atoms with Gasteiger partial charge in [0.05, 0.1) is 17.4 Å². The van der Waals surface area contributed by atoms with Gasteiger partial charge in [0, 0.05) is 0 Å². The number of carbonyl (C=O) groups is 1. The second-order valence-electron chi connectivity index (χ2n) is 3.27. The zero-order chi connectivity index (χ0) is 12.2. The summed E-state index contributed by atoms with van der Waals surface area (Å²) in [6, 6.07) is 8.23. The highest BCUT2D eigenvalue weighted by Crippen LogP contribution is 2.11. The van der Waals surface area contributed by atoms with Crippen LogP contribution in [0.4, 0.5) is 0 Å². The first-order valence-corrected chi connectivity index (χ1v) is 6.23. The largest absolute Gasteiger partial charge is 0.369 e. The third-order valence-electron chi connectivity index (χ3n) is 1.88. The second-order valence-corrected chi connectivity index (χ2v) is 5.33. The lowest BCUT2D eigenvalue weighted by Crippen LogP contribution is -2.24. The van der Waals surface area contributed by atoms with Gasteiger partial charge >= 0.3 is 0 Å². The van der Waals surface area contributed by atoms with E-state index in [9.17, 15) is 13.2 Å². The number of primary amides is 1. The Kier molecular flexibility index (Phi) is 3.64. The molecule has 1 aromatic rings. The predicted octanol–water partition coefficient (Wildman–Crippen LogP) is -0.0416. The lowest BCUT2D eigenvalue weighted by atomic mass is 10.1. The van der Waals surface area contributed by atoms with Crippen LogP contribution < -0.4 is 5.73 Å². The molecule has 0 aliphatic heterocycles. The van der Waals surface area contributed by atoms with E-state index in [0.29, 0.717) is 5.56 Å². The fraction of sp³-hybridized carbons (Fsp3) is 0.200. The Morgan fingerprint density at radius 1 is 1.38 bits per heavy atom. The van der Waals surface area contributed by atoms with Crippen LogP contribution in [0.15, 0.2) is 24.3 Å². The van der Waals surface area contributed by atoms with Gasteiger partial charge in [0.2, 0.25) is 5.91 Å². The number of hydrogen-bond acceptors (Lipinski definition) is 4. The summed E-state index contributed by atoms with van der Waals surface area (Å²) < 4.78 is 22.9. The van der Waals surface area contributed by atoms with Crippen molar-refractivity contribution in [3.05, 3.63) is 35.4 Å². The number of carbonyl (C=O) groups excluding carboxylic acids is 1. The summed E-state index contributed by atoms with van der Waals surface area (Å²) in [5.74, 6) is -1.94. The van der Waals surface area contributed by atoms with Gasteiger partial charge in [-0.15, -0.1) is 0 Å². The highest BCUT2D eigenvalue weighted by molar-refractivity contribution is 7.91. The average Bonchev–Trinajstić information content (AvgIpc) is 2.15. The Hall–Kier alpha value is -1.87. The van der Waals surface area contributed by atoms with E-state index in [-0.39, 0.29) is 11.3 Å². The molecule has 1 rings (SSSR count). The molecule has 0 spiro atoms. The molecule has 0 aromatic heterocycles. The number of nitrogens with two attached hydrogens (primary N) is 1. The molecule has 0 heterocycles. The molecule has 0 atom stereocenters. The van der Waals surface area contributed by atoms with Crippen LogP contribution in [0.3, 0.4) is 0 Å². The number of sulfone groups is 1. The number of nitrogens with zero attached hydrogens (tertiary/aromatic N) is 1. The summed E-state index contributed by atoms with van der Waals surface area (Å²) in [5, 5.41) is 8.76. The molecule has 0 aliphatic rings. The van der Waals surface area contributed by atoms with Gasteiger partial charge in [-0.05, 0) is 11.6 Å². The summed E-state index contributed by atoms with van der Waals surface area (Å²) in [7, 11) is -3.59. The van der Waals surface area contributed by atoms with E-state index in [2.05, 4.69) is 0 Å². The normalized spacial score (nSPS) is 10.7. The summed E-state index contributed by atoms with van der Waals surface area (Å²) in [6.45, 7) is 0. The fourth-order valence-corrected chi connectivity index (χ4v) is 2.52. The average molecular weight is 238 g/mol. The van der Waals surface area contributed by atoms with Crippen molar-refractivity contribution in [2.45, 2.75) is 5.75 Å². The Morgan fingerprint density at radius 3 is 2.56 bits per heavy atom. The number of nitriles is 1. The van der Waals surface area contributed by atoms with Crippen LogP contribution in [0.2, 0.25) is 0 Å². The van der Waals surface area contributed by atoms with Crippen LogP contribution in [-0.4, -0.2) is 20.1 Å². The summed E-state index contributed by atoms with van der Waals surface area (Å²) in [6.07, 6.45) is 0. The molecule has 0 unspecified atom stereocenters. The van der Waals surface area contributed by atoms with Crippen LogP contribution in [0.5, 0.6) is 0 Å². The first kappa shape index (κ1) is 12.2. The third kappa shape index (κ3) is 3.37. The third-order valence-corrected chi connectivity index (χ3v) is 3.35. The molecule has 2 N–H and O–H groups in total. The fourth-order valence-electron chi connectivity index (χ4n) is 1.26. The van der Waals surface area contributed by atoms with Gasteiger partial charge in [0.25, 0.3) is 0 Å². The van der Waals surface area contributed by atoms with Crippen molar-refractivity contribution in [1.29, 1.82) is 5.26 Å². The lowest BCUT2D eigenvalue weighted by Gasteiger charge is -2.03. The van der Waals surface area contributed by atoms with Gasteiger partial charge in [-0.25, -0.2) is 8.42 Å². The van der Waals surface area contributed by atoms with Crippen LogP contribution in [-0.2, 0) is 20.4 Å². The highest BCUT2D eigenvalue weighted by Gasteiger charge is 2.16. The van der Waals surface area contributed by atoms with Gasteiger partial charge in [0.15, 0.2) is 9.84 Å². The van der Waals surface area contributed by atoms with Crippen molar-refractivity contribution in [2.24, 2.45) is 5.73 Å². The first-order valence-electron chi connectivity index (χ1n) is 4.41. The van der Waals surface area contributed by atoms with E-state index in [1.54, 1.807) is 12.1 Å². The van der Waals surface area contributed by atoms with Crippen LogP contribution in [0.25, 0.3) is 0 Å². The molecule has 0 radical (unpaired) electrons. The Labute approximate surface area is 93.4 Å². The van der Waals surface area contributed by atoms with Crippen molar-refractivity contribution >= 4 is 15.7 Å². The Morgan fingerprint density at radius 2 is 2.00 bits per heavy atom. The van der Waals surface area contributed by atoms with Gasteiger partial charge in [-0.3, -0.25) is 4.79 Å². The molecule has 5 nitrogen and oxygen atoms in total. The van der Waals surface area contributed by atoms with E-state index < -0.39 is 21.5 Å². The Bertz CT molecular complexity index is 543. The highest BCUT2D eigenvalue weighted by atomic mass is 32.2. The van der Waals surface area contributed by atoms with Gasteiger partial charge in [-0.1, -0.05) is 18.2 Å². The maximum atomic E-state index is 11.5. The molecule has 0 aliphatic carbocycles. The molecule has 0 saturated carbocycles. The number of amides is 1. The minimum absolute atomic E-state index is 0.288. The van der Waals surface area contributed by atoms with Gasteiger partial charge in [-0.2, -0.15) is 5.26 Å². The SMILES string of the molecule is N#Cc1ccccc1CS(=O)(=O)CC(N)=O. The maximum Gasteiger partial charge on any atom is 0.232 e. The number of rotatable bonds is 4. The monoisotopic (exact) mass is 238 g/mol. The van der Waals surface area contributed by atoms with Crippen molar-refractivity contribution in [3.63, 3.8) is 0 Å². The summed E-state index contributed by atoms with van der Waals surface area (Å²) in [5.41, 5.74) is 5.49. The van der Waals surface area contributed by atoms with Gasteiger partial charge in [0.1, 0.15) is 5.75 Å². The number of benzene rings is 1. The smallest absolute Gasteiger partial charge is 0.232 e. The van der Waals surface area contributed by atoms with Gasteiger partial charge < -0.3 is 5.73 Å². The Balaban J connectivity index is 2.98. The van der Waals surface area contributed by atoms with Crippen LogP contribution in [0.1, 0.15) is 11.1 Å².